The van der Waals surface area contributed by atoms with Gasteiger partial charge in [0.25, 0.3) is 11.9 Å². The molecule has 17 heavy (non-hydrogen) atoms. The average Bonchev–Trinajstić information content (AvgIpc) is 2.23. The lowest BCUT2D eigenvalue weighted by Crippen LogP contribution is -2.33. The number of hydrogen-bond acceptors (Lipinski definition) is 3. The summed E-state index contributed by atoms with van der Waals surface area (Å²) >= 11 is 0. The van der Waals surface area contributed by atoms with Gasteiger partial charge >= 0.3 is 0 Å². The number of aromatic nitrogens is 1. The summed E-state index contributed by atoms with van der Waals surface area (Å²) in [6.07, 6.45) is 0.612. The van der Waals surface area contributed by atoms with Crippen molar-refractivity contribution in [1.29, 1.82) is 0 Å². The summed E-state index contributed by atoms with van der Waals surface area (Å²) < 4.78 is 51.7. The Hall–Kier alpha value is -1.37. The summed E-state index contributed by atoms with van der Waals surface area (Å²) in [5.41, 5.74) is -0.851. The molecule has 0 aliphatic heterocycles. The fourth-order valence-corrected chi connectivity index (χ4v) is 1.76. The number of anilines is 1. The molecule has 1 aromatic rings. The first kappa shape index (κ1) is 12.1. The van der Waals surface area contributed by atoms with E-state index >= 15 is 0 Å². The molecule has 1 aliphatic rings. The number of aliphatic hydroxyl groups excluding tert-OH is 1. The summed E-state index contributed by atoms with van der Waals surface area (Å²) in [7, 11) is 0. The lowest BCUT2D eigenvalue weighted by Gasteiger charge is -2.31. The second-order valence-electron chi connectivity index (χ2n) is 4.07. The van der Waals surface area contributed by atoms with Gasteiger partial charge in [-0.2, -0.15) is 22.5 Å². The molecule has 0 amide bonds. The van der Waals surface area contributed by atoms with E-state index in [1.807, 2.05) is 0 Å². The van der Waals surface area contributed by atoms with Gasteiger partial charge < -0.3 is 10.4 Å². The first-order valence-electron chi connectivity index (χ1n) is 5.11. The molecular weight excluding hydrogens is 240 g/mol. The molecule has 1 aliphatic carbocycles. The molecule has 1 aromatic heterocycles. The van der Waals surface area contributed by atoms with Crippen LogP contribution in [0.2, 0.25) is 0 Å². The predicted molar refractivity (Wildman–Crippen MR) is 51.3 cm³/mol. The van der Waals surface area contributed by atoms with Gasteiger partial charge in [0.2, 0.25) is 11.6 Å². The highest BCUT2D eigenvalue weighted by Gasteiger charge is 2.28. The monoisotopic (exact) mass is 250 g/mol. The van der Waals surface area contributed by atoms with Crippen LogP contribution >= 0.6 is 0 Å². The molecule has 1 saturated carbocycles. The smallest absolute Gasteiger partial charge is 0.253 e. The SMILES string of the molecule is OC1CC(CNc2c(F)c(F)nc(F)c2F)C1. The van der Waals surface area contributed by atoms with Crippen molar-refractivity contribution in [3.63, 3.8) is 0 Å². The molecule has 0 radical (unpaired) electrons. The fraction of sp³-hybridized carbons (Fsp3) is 0.500. The molecule has 0 atom stereocenters. The van der Waals surface area contributed by atoms with Crippen molar-refractivity contribution in [3.05, 3.63) is 23.5 Å². The molecule has 0 spiro atoms. The quantitative estimate of drug-likeness (QED) is 0.635. The van der Waals surface area contributed by atoms with Crippen LogP contribution in [0.4, 0.5) is 23.2 Å². The summed E-state index contributed by atoms with van der Waals surface area (Å²) in [5.74, 6) is -6.39. The standard InChI is InChI=1S/C10H10F4N2O/c11-6-8(7(12)10(14)16-9(6)13)15-3-4-1-5(17)2-4/h4-5,17H,1-3H2,(H,15,16). The Bertz CT molecular complexity index is 409. The third-order valence-corrected chi connectivity index (χ3v) is 2.78. The van der Waals surface area contributed by atoms with Crippen molar-refractivity contribution in [1.82, 2.24) is 4.98 Å². The van der Waals surface area contributed by atoms with E-state index < -0.39 is 35.3 Å². The van der Waals surface area contributed by atoms with Crippen LogP contribution in [0.5, 0.6) is 0 Å². The highest BCUT2D eigenvalue weighted by molar-refractivity contribution is 5.45. The number of nitrogens with one attached hydrogen (secondary N) is 1. The zero-order chi connectivity index (χ0) is 12.6. The topological polar surface area (TPSA) is 45.1 Å². The summed E-state index contributed by atoms with van der Waals surface area (Å²) in [6.45, 7) is 0.147. The van der Waals surface area contributed by atoms with Crippen LogP contribution < -0.4 is 5.32 Å². The van der Waals surface area contributed by atoms with Crippen molar-refractivity contribution in [2.24, 2.45) is 5.92 Å². The van der Waals surface area contributed by atoms with Crippen molar-refractivity contribution >= 4 is 5.69 Å². The molecule has 1 heterocycles. The summed E-state index contributed by atoms with van der Waals surface area (Å²) in [6, 6.07) is 0. The molecular formula is C10H10F4N2O. The Balaban J connectivity index is 2.09. The van der Waals surface area contributed by atoms with Crippen LogP contribution in [0.25, 0.3) is 0 Å². The van der Waals surface area contributed by atoms with E-state index in [9.17, 15) is 17.6 Å². The van der Waals surface area contributed by atoms with Gasteiger partial charge in [-0.25, -0.2) is 0 Å². The van der Waals surface area contributed by atoms with Crippen LogP contribution in [0.3, 0.4) is 0 Å². The Kier molecular flexibility index (Phi) is 3.19. The molecule has 7 heteroatoms. The van der Waals surface area contributed by atoms with Gasteiger partial charge in [-0.15, -0.1) is 0 Å². The van der Waals surface area contributed by atoms with Gasteiger partial charge in [0, 0.05) is 6.54 Å². The third kappa shape index (κ3) is 2.33. The Morgan fingerprint density at radius 2 is 1.65 bits per heavy atom. The van der Waals surface area contributed by atoms with E-state index in [4.69, 9.17) is 5.11 Å². The Morgan fingerprint density at radius 1 is 1.12 bits per heavy atom. The fourth-order valence-electron chi connectivity index (χ4n) is 1.76. The number of halogens is 4. The first-order chi connectivity index (χ1) is 7.99. The largest absolute Gasteiger partial charge is 0.393 e. The van der Waals surface area contributed by atoms with Crippen molar-refractivity contribution in [3.8, 4) is 0 Å². The maximum atomic E-state index is 13.1. The number of nitrogens with zero attached hydrogens (tertiary/aromatic N) is 1. The minimum Gasteiger partial charge on any atom is -0.393 e. The normalized spacial score (nSPS) is 23.4. The molecule has 0 unspecified atom stereocenters. The van der Waals surface area contributed by atoms with E-state index in [2.05, 4.69) is 10.3 Å². The van der Waals surface area contributed by atoms with Crippen molar-refractivity contribution in [2.45, 2.75) is 18.9 Å². The molecule has 3 nitrogen and oxygen atoms in total. The lowest BCUT2D eigenvalue weighted by molar-refractivity contribution is 0.0486. The minimum atomic E-state index is -1.68. The summed E-state index contributed by atoms with van der Waals surface area (Å²) in [5, 5.41) is 11.3. The molecule has 94 valence electrons. The van der Waals surface area contributed by atoms with E-state index in [1.165, 1.54) is 0 Å². The first-order valence-corrected chi connectivity index (χ1v) is 5.11. The maximum Gasteiger partial charge on any atom is 0.253 e. The lowest BCUT2D eigenvalue weighted by atomic mass is 9.82. The highest BCUT2D eigenvalue weighted by atomic mass is 19.2. The second-order valence-corrected chi connectivity index (χ2v) is 4.07. The second kappa shape index (κ2) is 4.48. The van der Waals surface area contributed by atoms with E-state index in [-0.39, 0.29) is 12.5 Å². The van der Waals surface area contributed by atoms with Crippen LogP contribution in [-0.2, 0) is 0 Å². The maximum absolute atomic E-state index is 13.1. The van der Waals surface area contributed by atoms with Crippen LogP contribution in [0, 0.1) is 29.4 Å². The van der Waals surface area contributed by atoms with Crippen molar-refractivity contribution < 1.29 is 22.7 Å². The zero-order valence-corrected chi connectivity index (χ0v) is 8.68. The predicted octanol–water partition coefficient (Wildman–Crippen LogP) is 1.82. The number of hydrogen-bond donors (Lipinski definition) is 2. The Morgan fingerprint density at radius 3 is 2.12 bits per heavy atom. The zero-order valence-electron chi connectivity index (χ0n) is 8.68. The van der Waals surface area contributed by atoms with E-state index in [0.717, 1.165) is 0 Å². The Labute approximate surface area is 94.5 Å². The van der Waals surface area contributed by atoms with Gasteiger partial charge in [0.1, 0.15) is 5.69 Å². The highest BCUT2D eigenvalue weighted by Crippen LogP contribution is 2.29. The summed E-state index contributed by atoms with van der Waals surface area (Å²) in [4.78, 5) is 2.44. The van der Waals surface area contributed by atoms with Crippen molar-refractivity contribution in [2.75, 3.05) is 11.9 Å². The average molecular weight is 250 g/mol. The minimum absolute atomic E-state index is 0.0445. The van der Waals surface area contributed by atoms with Gasteiger partial charge in [0.05, 0.1) is 6.10 Å². The van der Waals surface area contributed by atoms with Crippen LogP contribution in [0.15, 0.2) is 0 Å². The number of aliphatic hydroxyl groups is 1. The molecule has 1 fully saturated rings. The molecule has 2 rings (SSSR count). The van der Waals surface area contributed by atoms with Gasteiger partial charge in [-0.3, -0.25) is 0 Å². The van der Waals surface area contributed by atoms with Gasteiger partial charge in [-0.05, 0) is 18.8 Å². The molecule has 0 aromatic carbocycles. The molecule has 0 saturated heterocycles. The molecule has 2 N–H and O–H groups in total. The third-order valence-electron chi connectivity index (χ3n) is 2.78. The van der Waals surface area contributed by atoms with Crippen LogP contribution in [-0.4, -0.2) is 22.7 Å². The van der Waals surface area contributed by atoms with Gasteiger partial charge in [0.15, 0.2) is 0 Å². The van der Waals surface area contributed by atoms with Crippen LogP contribution in [0.1, 0.15) is 12.8 Å². The number of rotatable bonds is 3. The number of pyridine rings is 1. The van der Waals surface area contributed by atoms with E-state index in [1.54, 1.807) is 0 Å². The van der Waals surface area contributed by atoms with Gasteiger partial charge in [-0.1, -0.05) is 0 Å². The van der Waals surface area contributed by atoms with E-state index in [0.29, 0.717) is 12.8 Å². The molecule has 0 bridgehead atoms.